The van der Waals surface area contributed by atoms with Crippen LogP contribution in [0.25, 0.3) is 10.8 Å². The summed E-state index contributed by atoms with van der Waals surface area (Å²) >= 11 is 1.18. The predicted molar refractivity (Wildman–Crippen MR) is 129 cm³/mol. The number of hydrogen-bond donors (Lipinski definition) is 4. The molecule has 9 nitrogen and oxygen atoms in total. The Balaban J connectivity index is 1.24. The Morgan fingerprint density at radius 3 is 2.62 bits per heavy atom. The van der Waals surface area contributed by atoms with Gasteiger partial charge in [-0.05, 0) is 41.3 Å². The zero-order valence-corrected chi connectivity index (χ0v) is 18.9. The molecule has 1 amide bonds. The Hall–Kier alpha value is -3.76. The summed E-state index contributed by atoms with van der Waals surface area (Å²) in [5, 5.41) is 18.5. The number of aryl methyl sites for hydroxylation is 1. The van der Waals surface area contributed by atoms with Gasteiger partial charge in [0.2, 0.25) is 5.91 Å². The molecular formula is C24H22N4O5S. The third kappa shape index (κ3) is 4.25. The van der Waals surface area contributed by atoms with E-state index < -0.39 is 17.1 Å². The van der Waals surface area contributed by atoms with Gasteiger partial charge in [0.05, 0.1) is 11.6 Å². The molecule has 0 bridgehead atoms. The smallest absolute Gasteiger partial charge is 0.340 e. The molecule has 1 atom stereocenters. The minimum atomic E-state index is -1.12. The number of nitrogens with zero attached hydrogens (tertiary/aromatic N) is 1. The van der Waals surface area contributed by atoms with Gasteiger partial charge in [-0.25, -0.2) is 4.79 Å². The summed E-state index contributed by atoms with van der Waals surface area (Å²) in [7, 11) is 0. The third-order valence-electron chi connectivity index (χ3n) is 6.04. The van der Waals surface area contributed by atoms with E-state index in [-0.39, 0.29) is 22.5 Å². The number of aromatic carboxylic acids is 1. The van der Waals surface area contributed by atoms with E-state index in [0.717, 1.165) is 25.9 Å². The molecule has 0 saturated heterocycles. The van der Waals surface area contributed by atoms with Crippen LogP contribution in [0.15, 0.2) is 52.1 Å². The highest BCUT2D eigenvalue weighted by Gasteiger charge is 2.31. The molecule has 4 N–H and O–H groups in total. The summed E-state index contributed by atoms with van der Waals surface area (Å²) in [6, 6.07) is 14.0. The number of carbonyl (C=O) groups is 2. The van der Waals surface area contributed by atoms with Crippen LogP contribution in [-0.2, 0) is 17.6 Å². The van der Waals surface area contributed by atoms with E-state index in [1.807, 2.05) is 24.3 Å². The van der Waals surface area contributed by atoms with Gasteiger partial charge in [-0.2, -0.15) is 4.68 Å². The molecule has 3 heterocycles. The number of thiophene rings is 1. The van der Waals surface area contributed by atoms with Crippen molar-refractivity contribution in [1.29, 1.82) is 0 Å². The van der Waals surface area contributed by atoms with Gasteiger partial charge >= 0.3 is 17.1 Å². The van der Waals surface area contributed by atoms with Gasteiger partial charge in [-0.15, -0.1) is 11.3 Å². The molecule has 5 rings (SSSR count). The van der Waals surface area contributed by atoms with Crippen LogP contribution in [0, 0.1) is 0 Å². The summed E-state index contributed by atoms with van der Waals surface area (Å²) in [4.78, 5) is 47.8. The average Bonchev–Trinajstić information content (AvgIpc) is 3.22. The molecule has 1 aliphatic heterocycles. The number of carbonyl (C=O) groups excluding carboxylic acids is 1. The van der Waals surface area contributed by atoms with Gasteiger partial charge in [-0.3, -0.25) is 19.8 Å². The van der Waals surface area contributed by atoms with Crippen molar-refractivity contribution in [3.63, 3.8) is 0 Å². The van der Waals surface area contributed by atoms with E-state index >= 15 is 0 Å². The number of anilines is 1. The van der Waals surface area contributed by atoms with Crippen molar-refractivity contribution in [3.8, 4) is 0 Å². The molecule has 34 heavy (non-hydrogen) atoms. The number of carboxylic acid groups (broad SMARTS) is 1. The number of aromatic nitrogens is 1. The summed E-state index contributed by atoms with van der Waals surface area (Å²) in [5.74, 6) is -1.21. The van der Waals surface area contributed by atoms with Crippen LogP contribution < -0.4 is 27.2 Å². The standard InChI is InChI=1S/C24H22N4O5S/c29-18(8-6-13-5-7-14-3-1-2-4-15(14)11-13)26-12-17-20-16(9-10-25-17)19(24(32)33)21(34-20)27-28-22(30)23(28)31/h1-5,7,11,17,25,27H,6,8-10,12H2,(H,26,29)(H,32,33). The zero-order chi connectivity index (χ0) is 23.8. The average molecular weight is 479 g/mol. The number of rotatable bonds is 8. The number of nitrogens with one attached hydrogen (secondary N) is 3. The Kier molecular flexibility index (Phi) is 5.76. The molecule has 0 aliphatic carbocycles. The van der Waals surface area contributed by atoms with Gasteiger partial charge in [0.1, 0.15) is 5.00 Å². The van der Waals surface area contributed by atoms with Crippen LogP contribution in [0.5, 0.6) is 0 Å². The van der Waals surface area contributed by atoms with Crippen LogP contribution in [-0.4, -0.2) is 34.7 Å². The Bertz CT molecular complexity index is 1450. The van der Waals surface area contributed by atoms with Gasteiger partial charge in [0.15, 0.2) is 0 Å². The second kappa shape index (κ2) is 8.88. The first-order valence-corrected chi connectivity index (χ1v) is 11.8. The van der Waals surface area contributed by atoms with Crippen molar-refractivity contribution >= 4 is 39.0 Å². The molecule has 2 aromatic carbocycles. The number of fused-ring (bicyclic) bond motifs is 2. The van der Waals surface area contributed by atoms with Crippen LogP contribution in [0.3, 0.4) is 0 Å². The maximum Gasteiger partial charge on any atom is 0.340 e. The maximum atomic E-state index is 12.5. The molecule has 0 saturated carbocycles. The monoisotopic (exact) mass is 478 g/mol. The van der Waals surface area contributed by atoms with Gasteiger partial charge in [0, 0.05) is 17.8 Å². The Morgan fingerprint density at radius 1 is 1.12 bits per heavy atom. The first-order valence-electron chi connectivity index (χ1n) is 10.9. The lowest BCUT2D eigenvalue weighted by atomic mass is 9.99. The minimum absolute atomic E-state index is 0.0710. The van der Waals surface area contributed by atoms with Gasteiger partial charge in [0.25, 0.3) is 0 Å². The first-order chi connectivity index (χ1) is 16.4. The van der Waals surface area contributed by atoms with Crippen molar-refractivity contribution in [2.75, 3.05) is 18.5 Å². The quantitative estimate of drug-likeness (QED) is 0.284. The highest BCUT2D eigenvalue weighted by Crippen LogP contribution is 2.39. The largest absolute Gasteiger partial charge is 0.478 e. The second-order valence-electron chi connectivity index (χ2n) is 8.25. The first kappa shape index (κ1) is 22.1. The van der Waals surface area contributed by atoms with Crippen LogP contribution in [0.4, 0.5) is 5.00 Å². The molecule has 1 aliphatic rings. The molecule has 2 aromatic heterocycles. The summed E-state index contributed by atoms with van der Waals surface area (Å²) in [5.41, 5.74) is 3.04. The lowest BCUT2D eigenvalue weighted by Gasteiger charge is -2.24. The van der Waals surface area contributed by atoms with E-state index in [9.17, 15) is 24.3 Å². The zero-order valence-electron chi connectivity index (χ0n) is 18.1. The predicted octanol–water partition coefficient (Wildman–Crippen LogP) is 1.81. The molecular weight excluding hydrogens is 456 g/mol. The summed E-state index contributed by atoms with van der Waals surface area (Å²) in [6.45, 7) is 0.868. The van der Waals surface area contributed by atoms with E-state index in [4.69, 9.17) is 0 Å². The van der Waals surface area contributed by atoms with E-state index in [1.165, 1.54) is 11.3 Å². The lowest BCUT2D eigenvalue weighted by molar-refractivity contribution is -0.121. The maximum absolute atomic E-state index is 12.5. The fourth-order valence-electron chi connectivity index (χ4n) is 4.24. The van der Waals surface area contributed by atoms with Crippen LogP contribution in [0.1, 0.15) is 38.8 Å². The molecule has 1 unspecified atom stereocenters. The summed E-state index contributed by atoms with van der Waals surface area (Å²) < 4.78 is 0.792. The minimum Gasteiger partial charge on any atom is -0.478 e. The van der Waals surface area contributed by atoms with Crippen molar-refractivity contribution < 1.29 is 14.7 Å². The fraction of sp³-hybridized carbons (Fsp3) is 0.250. The molecule has 0 fully saturated rings. The van der Waals surface area contributed by atoms with Gasteiger partial charge < -0.3 is 15.7 Å². The second-order valence-corrected chi connectivity index (χ2v) is 9.31. The van der Waals surface area contributed by atoms with Crippen molar-refractivity contribution in [2.24, 2.45) is 0 Å². The van der Waals surface area contributed by atoms with Crippen LogP contribution in [0.2, 0.25) is 0 Å². The highest BCUT2D eigenvalue weighted by atomic mass is 32.1. The number of hydrogen-bond acceptors (Lipinski definition) is 7. The van der Waals surface area contributed by atoms with Crippen LogP contribution >= 0.6 is 11.3 Å². The number of benzene rings is 2. The Labute approximate surface area is 197 Å². The molecule has 0 spiro atoms. The molecule has 10 heteroatoms. The van der Waals surface area contributed by atoms with E-state index in [0.29, 0.717) is 37.9 Å². The molecule has 4 aromatic rings. The van der Waals surface area contributed by atoms with Crippen molar-refractivity contribution in [1.82, 2.24) is 15.3 Å². The summed E-state index contributed by atoms with van der Waals surface area (Å²) in [6.07, 6.45) is 1.46. The highest BCUT2D eigenvalue weighted by molar-refractivity contribution is 7.16. The SMILES string of the molecule is O=C(CCc1ccc2ccccc2c1)NCC1NCCc2c1sc(Nn1c(=O)c1=O)c2C(=O)O. The third-order valence-corrected chi connectivity index (χ3v) is 7.30. The van der Waals surface area contributed by atoms with Crippen molar-refractivity contribution in [2.45, 2.75) is 25.3 Å². The number of amides is 1. The van der Waals surface area contributed by atoms with Crippen molar-refractivity contribution in [3.05, 3.63) is 84.7 Å². The lowest BCUT2D eigenvalue weighted by Crippen LogP contribution is -2.38. The van der Waals surface area contributed by atoms with E-state index in [1.54, 1.807) is 0 Å². The topological polar surface area (TPSA) is 130 Å². The number of carboxylic acids is 1. The molecule has 0 radical (unpaired) electrons. The van der Waals surface area contributed by atoms with Gasteiger partial charge in [-0.1, -0.05) is 42.5 Å². The molecule has 174 valence electrons. The van der Waals surface area contributed by atoms with E-state index in [2.05, 4.69) is 34.3 Å². The fourth-order valence-corrected chi connectivity index (χ4v) is 5.55. The Morgan fingerprint density at radius 2 is 1.88 bits per heavy atom. The normalized spacial score (nSPS) is 15.4.